The van der Waals surface area contributed by atoms with Gasteiger partial charge in [-0.25, -0.2) is 0 Å². The minimum atomic E-state index is 0.518. The fourth-order valence-electron chi connectivity index (χ4n) is 2.87. The Morgan fingerprint density at radius 3 is 2.56 bits per heavy atom. The molecule has 0 amide bonds. The van der Waals surface area contributed by atoms with Crippen LogP contribution in [-0.4, -0.2) is 49.3 Å². The van der Waals surface area contributed by atoms with Crippen LogP contribution in [0.25, 0.3) is 0 Å². The predicted octanol–water partition coefficient (Wildman–Crippen LogP) is 1.48. The molecule has 2 rings (SSSR count). The summed E-state index contributed by atoms with van der Waals surface area (Å²) < 4.78 is 5.37. The Morgan fingerprint density at radius 1 is 1.31 bits per heavy atom. The Hall–Kier alpha value is -0.120. The Morgan fingerprint density at radius 2 is 2.00 bits per heavy atom. The molecule has 0 radical (unpaired) electrons. The van der Waals surface area contributed by atoms with E-state index >= 15 is 0 Å². The van der Waals surface area contributed by atoms with Crippen LogP contribution in [0.4, 0.5) is 0 Å². The van der Waals surface area contributed by atoms with Gasteiger partial charge in [0.2, 0.25) is 0 Å². The lowest BCUT2D eigenvalue weighted by atomic mass is 9.85. The van der Waals surface area contributed by atoms with Gasteiger partial charge in [0.25, 0.3) is 0 Å². The zero-order valence-electron chi connectivity index (χ0n) is 11.1. The van der Waals surface area contributed by atoms with E-state index in [9.17, 15) is 0 Å². The highest BCUT2D eigenvalue weighted by Gasteiger charge is 2.38. The molecule has 1 saturated heterocycles. The highest BCUT2D eigenvalue weighted by molar-refractivity contribution is 4.95. The van der Waals surface area contributed by atoms with Gasteiger partial charge in [0.15, 0.2) is 0 Å². The fourth-order valence-corrected chi connectivity index (χ4v) is 2.87. The summed E-state index contributed by atoms with van der Waals surface area (Å²) in [7, 11) is 1.83. The Kier molecular flexibility index (Phi) is 3.88. The molecule has 2 atom stereocenters. The van der Waals surface area contributed by atoms with Gasteiger partial charge in [-0.3, -0.25) is 4.90 Å². The fraction of sp³-hybridized carbons (Fsp3) is 1.00. The largest absolute Gasteiger partial charge is 0.381 e. The second-order valence-corrected chi connectivity index (χ2v) is 5.79. The number of hydrogen-bond donors (Lipinski definition) is 1. The van der Waals surface area contributed by atoms with E-state index in [4.69, 9.17) is 4.74 Å². The molecule has 94 valence electrons. The average molecular weight is 226 g/mol. The Balaban J connectivity index is 1.87. The van der Waals surface area contributed by atoms with Crippen molar-refractivity contribution >= 4 is 0 Å². The number of ether oxygens (including phenoxy) is 1. The minimum Gasteiger partial charge on any atom is -0.381 e. The lowest BCUT2D eigenvalue weighted by molar-refractivity contribution is -0.0515. The van der Waals surface area contributed by atoms with Crippen molar-refractivity contribution in [1.82, 2.24) is 10.2 Å². The number of piperazine rings is 1. The molecule has 2 unspecified atom stereocenters. The van der Waals surface area contributed by atoms with Crippen LogP contribution in [0.5, 0.6) is 0 Å². The average Bonchev–Trinajstić information content (AvgIpc) is 2.18. The molecule has 1 aliphatic carbocycles. The van der Waals surface area contributed by atoms with Crippen molar-refractivity contribution in [3.05, 3.63) is 0 Å². The molecule has 3 heteroatoms. The van der Waals surface area contributed by atoms with Gasteiger partial charge in [0.1, 0.15) is 0 Å². The molecule has 2 fully saturated rings. The third-order valence-electron chi connectivity index (χ3n) is 4.33. The van der Waals surface area contributed by atoms with E-state index in [1.165, 1.54) is 19.4 Å². The van der Waals surface area contributed by atoms with Gasteiger partial charge in [-0.05, 0) is 25.7 Å². The maximum atomic E-state index is 5.37. The summed E-state index contributed by atoms with van der Waals surface area (Å²) >= 11 is 0. The van der Waals surface area contributed by atoms with Gasteiger partial charge in [0, 0.05) is 38.3 Å². The maximum absolute atomic E-state index is 5.37. The van der Waals surface area contributed by atoms with E-state index in [1.807, 2.05) is 7.11 Å². The smallest absolute Gasteiger partial charge is 0.0601 e. The summed E-state index contributed by atoms with van der Waals surface area (Å²) in [6.45, 7) is 9.30. The number of nitrogens with zero attached hydrogens (tertiary/aromatic N) is 1. The SMILES string of the molecule is COC1CC(N2CC(C(C)C)NCC2C)C1. The molecule has 1 N–H and O–H groups in total. The first-order valence-electron chi connectivity index (χ1n) is 6.63. The van der Waals surface area contributed by atoms with Crippen molar-refractivity contribution in [2.45, 2.75) is 57.8 Å². The van der Waals surface area contributed by atoms with Crippen LogP contribution < -0.4 is 5.32 Å². The maximum Gasteiger partial charge on any atom is 0.0601 e. The molecular formula is C13H26N2O. The van der Waals surface area contributed by atoms with Crippen LogP contribution >= 0.6 is 0 Å². The Labute approximate surface area is 99.5 Å². The first-order valence-corrected chi connectivity index (χ1v) is 6.63. The van der Waals surface area contributed by atoms with Crippen LogP contribution in [0, 0.1) is 5.92 Å². The molecule has 1 heterocycles. The van der Waals surface area contributed by atoms with E-state index in [2.05, 4.69) is 31.0 Å². The van der Waals surface area contributed by atoms with E-state index in [0.717, 1.165) is 18.5 Å². The lowest BCUT2D eigenvalue weighted by Gasteiger charge is -2.49. The van der Waals surface area contributed by atoms with Gasteiger partial charge >= 0.3 is 0 Å². The van der Waals surface area contributed by atoms with Crippen LogP contribution in [-0.2, 0) is 4.74 Å². The molecule has 0 aromatic rings. The van der Waals surface area contributed by atoms with Crippen molar-refractivity contribution in [3.63, 3.8) is 0 Å². The van der Waals surface area contributed by atoms with Crippen LogP contribution in [0.3, 0.4) is 0 Å². The van der Waals surface area contributed by atoms with Crippen molar-refractivity contribution < 1.29 is 4.74 Å². The molecule has 0 aromatic carbocycles. The third kappa shape index (κ3) is 2.41. The Bertz CT molecular complexity index is 226. The summed E-state index contributed by atoms with van der Waals surface area (Å²) in [6.07, 6.45) is 2.97. The van der Waals surface area contributed by atoms with Gasteiger partial charge in [-0.1, -0.05) is 13.8 Å². The summed E-state index contributed by atoms with van der Waals surface area (Å²) in [5, 5.41) is 3.65. The second kappa shape index (κ2) is 5.03. The van der Waals surface area contributed by atoms with Crippen molar-refractivity contribution in [2.75, 3.05) is 20.2 Å². The predicted molar refractivity (Wildman–Crippen MR) is 66.6 cm³/mol. The topological polar surface area (TPSA) is 24.5 Å². The summed E-state index contributed by atoms with van der Waals surface area (Å²) in [6, 6.07) is 2.11. The van der Waals surface area contributed by atoms with E-state index < -0.39 is 0 Å². The molecule has 0 aromatic heterocycles. The summed E-state index contributed by atoms with van der Waals surface area (Å²) in [5.41, 5.74) is 0. The molecule has 3 nitrogen and oxygen atoms in total. The van der Waals surface area contributed by atoms with Crippen molar-refractivity contribution in [3.8, 4) is 0 Å². The van der Waals surface area contributed by atoms with E-state index in [-0.39, 0.29) is 0 Å². The van der Waals surface area contributed by atoms with E-state index in [1.54, 1.807) is 0 Å². The van der Waals surface area contributed by atoms with Crippen LogP contribution in [0.1, 0.15) is 33.6 Å². The quantitative estimate of drug-likeness (QED) is 0.789. The third-order valence-corrected chi connectivity index (χ3v) is 4.33. The second-order valence-electron chi connectivity index (χ2n) is 5.79. The minimum absolute atomic E-state index is 0.518. The van der Waals surface area contributed by atoms with Gasteiger partial charge in [-0.2, -0.15) is 0 Å². The molecule has 0 bridgehead atoms. The molecule has 0 spiro atoms. The van der Waals surface area contributed by atoms with Gasteiger partial charge < -0.3 is 10.1 Å². The van der Waals surface area contributed by atoms with Crippen LogP contribution in [0.2, 0.25) is 0 Å². The van der Waals surface area contributed by atoms with Gasteiger partial charge in [-0.15, -0.1) is 0 Å². The first kappa shape index (κ1) is 12.3. The summed E-state index contributed by atoms with van der Waals surface area (Å²) in [4.78, 5) is 2.69. The molecule has 1 saturated carbocycles. The van der Waals surface area contributed by atoms with E-state index in [0.29, 0.717) is 18.2 Å². The number of rotatable bonds is 3. The first-order chi connectivity index (χ1) is 7.61. The monoisotopic (exact) mass is 226 g/mol. The molecule has 1 aliphatic heterocycles. The zero-order valence-corrected chi connectivity index (χ0v) is 11.1. The number of nitrogens with one attached hydrogen (secondary N) is 1. The molecular weight excluding hydrogens is 200 g/mol. The number of methoxy groups -OCH3 is 1. The number of hydrogen-bond acceptors (Lipinski definition) is 3. The highest BCUT2D eigenvalue weighted by atomic mass is 16.5. The summed E-state index contributed by atoms with van der Waals surface area (Å²) in [5.74, 6) is 0.730. The zero-order chi connectivity index (χ0) is 11.7. The molecule has 16 heavy (non-hydrogen) atoms. The molecule has 2 aliphatic rings. The van der Waals surface area contributed by atoms with Crippen molar-refractivity contribution in [2.24, 2.45) is 5.92 Å². The van der Waals surface area contributed by atoms with Crippen molar-refractivity contribution in [1.29, 1.82) is 0 Å². The lowest BCUT2D eigenvalue weighted by Crippen LogP contribution is -2.62. The standard InChI is InChI=1S/C13H26N2O/c1-9(2)13-8-15(10(3)7-14-13)11-5-12(6-11)16-4/h9-14H,5-8H2,1-4H3. The van der Waals surface area contributed by atoms with Gasteiger partial charge in [0.05, 0.1) is 6.10 Å². The highest BCUT2D eigenvalue weighted by Crippen LogP contribution is 2.30. The normalized spacial score (nSPS) is 41.1. The van der Waals surface area contributed by atoms with Crippen LogP contribution in [0.15, 0.2) is 0 Å².